The summed E-state index contributed by atoms with van der Waals surface area (Å²) in [6.07, 6.45) is 10.4. The number of amidine groups is 2. The van der Waals surface area contributed by atoms with Crippen LogP contribution in [0.5, 0.6) is 11.5 Å². The number of amides is 3. The molecule has 4 fully saturated rings. The van der Waals surface area contributed by atoms with Gasteiger partial charge in [0.2, 0.25) is 0 Å². The van der Waals surface area contributed by atoms with Gasteiger partial charge in [0.1, 0.15) is 28.1 Å². The van der Waals surface area contributed by atoms with Crippen LogP contribution in [0.2, 0.25) is 0 Å². The molecule has 0 unspecified atom stereocenters. The summed E-state index contributed by atoms with van der Waals surface area (Å²) in [5.74, 6) is -1.03. The van der Waals surface area contributed by atoms with Gasteiger partial charge in [-0.1, -0.05) is 39.9 Å². The van der Waals surface area contributed by atoms with E-state index in [0.717, 1.165) is 114 Å². The summed E-state index contributed by atoms with van der Waals surface area (Å²) in [4.78, 5) is 56.8. The fraction of sp³-hybridized carbons (Fsp3) is 0.542. The van der Waals surface area contributed by atoms with Crippen molar-refractivity contribution in [2.24, 2.45) is 9.98 Å². The van der Waals surface area contributed by atoms with Gasteiger partial charge in [0.25, 0.3) is 5.91 Å². The third-order valence-corrected chi connectivity index (χ3v) is 15.4. The number of nitrogens with zero attached hydrogens (tertiary/aromatic N) is 8. The number of piperidine rings is 2. The van der Waals surface area contributed by atoms with E-state index in [2.05, 4.69) is 58.3 Å². The number of thiocarbonyl (C=S) groups is 1. The van der Waals surface area contributed by atoms with Crippen LogP contribution >= 0.6 is 35.7 Å². The minimum Gasteiger partial charge on any atom is -0.409 e. The molecular formula is C48H64F2N10O5S3. The number of carbonyl (C=O) groups excluding carboxylic acids is 3. The number of hydrazine groups is 2. The van der Waals surface area contributed by atoms with Crippen molar-refractivity contribution in [1.82, 2.24) is 40.5 Å². The van der Waals surface area contributed by atoms with Crippen molar-refractivity contribution in [1.29, 1.82) is 0 Å². The summed E-state index contributed by atoms with van der Waals surface area (Å²) in [7, 11) is 0. The second-order valence-electron chi connectivity index (χ2n) is 17.1. The SMILES string of the molecule is CCN(CC)C1CCN(C(=O)Oc2cc(F)ccc2/C=C2/SC(N3CCCCN3)=NC2=O)CC1.CCN(CC)C1CCN(C(=O)Oc2cc(F)ccc2/C=C2\SC(N3CCCCN3)=NC2=S)CC1. The highest BCUT2D eigenvalue weighted by Crippen LogP contribution is 2.35. The Balaban J connectivity index is 0.000000201. The van der Waals surface area contributed by atoms with Crippen LogP contribution in [0, 0.1) is 11.6 Å². The molecule has 6 aliphatic rings. The first-order valence-corrected chi connectivity index (χ1v) is 26.1. The third-order valence-electron chi connectivity index (χ3n) is 12.9. The molecule has 6 aliphatic heterocycles. The van der Waals surface area contributed by atoms with Gasteiger partial charge in [-0.2, -0.15) is 4.99 Å². The first-order chi connectivity index (χ1) is 33.0. The molecular weight excluding hydrogens is 931 g/mol. The molecule has 368 valence electrons. The quantitative estimate of drug-likeness (QED) is 0.175. The Morgan fingerprint density at radius 1 is 0.676 bits per heavy atom. The summed E-state index contributed by atoms with van der Waals surface area (Å²) in [5.41, 5.74) is 7.63. The molecule has 4 saturated heterocycles. The second kappa shape index (κ2) is 24.9. The van der Waals surface area contributed by atoms with Crippen LogP contribution in [-0.4, -0.2) is 154 Å². The predicted molar refractivity (Wildman–Crippen MR) is 271 cm³/mol. The summed E-state index contributed by atoms with van der Waals surface area (Å²) in [6, 6.07) is 9.16. The van der Waals surface area contributed by atoms with E-state index in [1.807, 2.05) is 16.1 Å². The number of likely N-dealkylation sites (tertiary alicyclic amines) is 2. The highest BCUT2D eigenvalue weighted by atomic mass is 32.2. The average Bonchev–Trinajstić information content (AvgIpc) is 3.92. The highest BCUT2D eigenvalue weighted by Gasteiger charge is 2.31. The molecule has 2 aromatic carbocycles. The zero-order valence-electron chi connectivity index (χ0n) is 39.5. The van der Waals surface area contributed by atoms with E-state index in [4.69, 9.17) is 21.7 Å². The second-order valence-corrected chi connectivity index (χ2v) is 19.5. The number of rotatable bonds is 10. The number of nitrogens with one attached hydrogen (secondary N) is 2. The molecule has 0 aromatic heterocycles. The lowest BCUT2D eigenvalue weighted by molar-refractivity contribution is -0.113. The fourth-order valence-corrected chi connectivity index (χ4v) is 11.2. The summed E-state index contributed by atoms with van der Waals surface area (Å²) >= 11 is 8.21. The zero-order valence-corrected chi connectivity index (χ0v) is 42.0. The molecule has 8 rings (SSSR count). The molecule has 0 radical (unpaired) electrons. The highest BCUT2D eigenvalue weighted by molar-refractivity contribution is 8.19. The van der Waals surface area contributed by atoms with Gasteiger partial charge in [0.05, 0.1) is 9.81 Å². The molecule has 15 nitrogen and oxygen atoms in total. The number of hydrogen-bond donors (Lipinski definition) is 2. The first-order valence-electron chi connectivity index (χ1n) is 24.0. The molecule has 6 heterocycles. The number of halogens is 2. The van der Waals surface area contributed by atoms with Crippen LogP contribution in [-0.2, 0) is 4.79 Å². The summed E-state index contributed by atoms with van der Waals surface area (Å²) in [5, 5.41) is 5.33. The smallest absolute Gasteiger partial charge is 0.409 e. The zero-order chi connectivity index (χ0) is 48.2. The molecule has 0 aliphatic carbocycles. The lowest BCUT2D eigenvalue weighted by atomic mass is 10.0. The van der Waals surface area contributed by atoms with Gasteiger partial charge in [0.15, 0.2) is 10.3 Å². The van der Waals surface area contributed by atoms with Crippen molar-refractivity contribution in [2.75, 3.05) is 78.5 Å². The number of thioether (sulfide) groups is 2. The molecule has 2 aromatic rings. The molecule has 0 spiro atoms. The Bertz CT molecular complexity index is 2090. The van der Waals surface area contributed by atoms with Gasteiger partial charge in [-0.3, -0.25) is 14.8 Å². The Morgan fingerprint density at radius 3 is 1.53 bits per heavy atom. The van der Waals surface area contributed by atoms with Crippen molar-refractivity contribution in [3.05, 3.63) is 69.0 Å². The van der Waals surface area contributed by atoms with Crippen LogP contribution in [0.25, 0.3) is 12.2 Å². The summed E-state index contributed by atoms with van der Waals surface area (Å²) < 4.78 is 39.4. The molecule has 0 saturated carbocycles. The maximum atomic E-state index is 14.1. The lowest BCUT2D eigenvalue weighted by Crippen LogP contribution is -2.47. The predicted octanol–water partition coefficient (Wildman–Crippen LogP) is 8.20. The van der Waals surface area contributed by atoms with Crippen molar-refractivity contribution in [2.45, 2.75) is 91.1 Å². The Kier molecular flexibility index (Phi) is 18.8. The normalized spacial score (nSPS) is 20.9. The summed E-state index contributed by atoms with van der Waals surface area (Å²) in [6.45, 7) is 18.5. The van der Waals surface area contributed by atoms with Gasteiger partial charge in [-0.15, -0.1) is 0 Å². The van der Waals surface area contributed by atoms with E-state index in [9.17, 15) is 23.2 Å². The third kappa shape index (κ3) is 13.5. The van der Waals surface area contributed by atoms with Crippen LogP contribution < -0.4 is 20.3 Å². The number of hydrogen-bond acceptors (Lipinski definition) is 14. The minimum absolute atomic E-state index is 0.0984. The van der Waals surface area contributed by atoms with Crippen LogP contribution in [0.3, 0.4) is 0 Å². The maximum absolute atomic E-state index is 14.1. The van der Waals surface area contributed by atoms with Crippen molar-refractivity contribution < 1.29 is 32.6 Å². The minimum atomic E-state index is -0.509. The topological polar surface area (TPSA) is 138 Å². The monoisotopic (exact) mass is 994 g/mol. The Hall–Kier alpha value is -4.44. The molecule has 0 bridgehead atoms. The Labute approximate surface area is 412 Å². The van der Waals surface area contributed by atoms with E-state index in [0.29, 0.717) is 64.5 Å². The van der Waals surface area contributed by atoms with E-state index >= 15 is 0 Å². The van der Waals surface area contributed by atoms with E-state index in [-0.39, 0.29) is 17.4 Å². The molecule has 20 heteroatoms. The van der Waals surface area contributed by atoms with Crippen molar-refractivity contribution >= 4 is 81.3 Å². The maximum Gasteiger partial charge on any atom is 0.415 e. The molecule has 0 atom stereocenters. The number of aliphatic imine (C=N–C) groups is 2. The van der Waals surface area contributed by atoms with E-state index in [1.54, 1.807) is 21.9 Å². The van der Waals surface area contributed by atoms with Gasteiger partial charge >= 0.3 is 12.2 Å². The molecule has 2 N–H and O–H groups in total. The number of benzene rings is 2. The largest absolute Gasteiger partial charge is 0.415 e. The van der Waals surface area contributed by atoms with Gasteiger partial charge in [0, 0.05) is 87.7 Å². The van der Waals surface area contributed by atoms with Gasteiger partial charge in [-0.05, 0) is 137 Å². The number of carbonyl (C=O) groups is 3. The first kappa shape index (κ1) is 51.4. The van der Waals surface area contributed by atoms with Crippen LogP contribution in [0.4, 0.5) is 18.4 Å². The standard InChI is InChI=1S/C24H32FN5O3S.C24H32FN5O2S2/c1-3-28(4-2)19-9-13-29(14-10-19)24(32)33-20-16-18(25)8-7-17(20)15-21-22(31)27-23(34-21)30-12-6-5-11-26-30;1-3-28(4-2)19-9-13-29(14-10-19)24(31)32-20-16-18(25)8-7-17(20)15-21-22(33)27-23(34-21)30-12-6-5-11-26-30/h2*7-8,15-16,19,26H,3-6,9-14H2,1-2H3/b21-15+;21-15-. The average molecular weight is 995 g/mol. The van der Waals surface area contributed by atoms with Crippen LogP contribution in [0.1, 0.15) is 90.2 Å². The van der Waals surface area contributed by atoms with Crippen LogP contribution in [0.15, 0.2) is 56.2 Å². The van der Waals surface area contributed by atoms with E-state index in [1.165, 1.54) is 53.9 Å². The number of ether oxygens (including phenoxy) is 2. The van der Waals surface area contributed by atoms with Crippen molar-refractivity contribution in [3.8, 4) is 11.5 Å². The van der Waals surface area contributed by atoms with Gasteiger partial charge in [-0.25, -0.2) is 34.2 Å². The molecule has 68 heavy (non-hydrogen) atoms. The molecule has 3 amide bonds. The fourth-order valence-electron chi connectivity index (χ4n) is 9.07. The van der Waals surface area contributed by atoms with Crippen molar-refractivity contribution in [3.63, 3.8) is 0 Å². The lowest BCUT2D eigenvalue weighted by Gasteiger charge is -2.37. The Morgan fingerprint density at radius 2 is 1.10 bits per heavy atom. The van der Waals surface area contributed by atoms with Gasteiger partial charge < -0.3 is 29.1 Å². The van der Waals surface area contributed by atoms with E-state index < -0.39 is 23.8 Å².